The van der Waals surface area contributed by atoms with Crippen LogP contribution in [0.4, 0.5) is 14.4 Å². The van der Waals surface area contributed by atoms with Gasteiger partial charge in [-0.3, -0.25) is 0 Å². The van der Waals surface area contributed by atoms with Crippen molar-refractivity contribution in [1.29, 1.82) is 0 Å². The normalized spacial score (nSPS) is 33.1. The number of nitrogens with zero attached hydrogens (tertiary/aromatic N) is 1. The first-order valence-corrected chi connectivity index (χ1v) is 27.6. The van der Waals surface area contributed by atoms with Crippen LogP contribution in [0.15, 0.2) is 60.7 Å². The standard InChI is InChI=1S/C30H46BN3O5.C26H39BN2O3/c1-28(2,3)37-27(36)34-15-11-10-14-22(34)19-32-26(35)33-25(16-20-12-8-7-9-13-20)31-38-24-18-21-17-23(29(21,4)5)30(24,6)39-31;1-25(2)20-15-21(25)26(3)22(16-20)31-27(32-26)23(14-18-10-6-4-7-11-18)29-24(30)28-17-19-12-8-5-9-13-19/h7-9,12-13,21-25H,10-11,14-19H2,1-6H3,(H2,32,33,35);4,6-7,10-11,19-23H,5,8-9,12-17H2,1-3H3,(H2,28,29,30)/t21-,22+,23-,24+,25-,30-;20-,21-,22+,23-,26-/m00/s1. The van der Waals surface area contributed by atoms with Gasteiger partial charge >= 0.3 is 32.4 Å². The first kappa shape index (κ1) is 52.1. The van der Waals surface area contributed by atoms with Gasteiger partial charge in [-0.25, -0.2) is 14.4 Å². The van der Waals surface area contributed by atoms with E-state index in [0.717, 1.165) is 44.2 Å². The van der Waals surface area contributed by atoms with Crippen LogP contribution in [0.1, 0.15) is 150 Å². The Morgan fingerprint density at radius 1 is 0.648 bits per heavy atom. The van der Waals surface area contributed by atoms with Gasteiger partial charge in [-0.05, 0) is 157 Å². The number of likely N-dealkylation sites (tertiary alicyclic amines) is 1. The monoisotopic (exact) mass is 978 g/mol. The van der Waals surface area contributed by atoms with Crippen LogP contribution in [0.5, 0.6) is 0 Å². The lowest BCUT2D eigenvalue weighted by Crippen LogP contribution is -2.65. The van der Waals surface area contributed by atoms with Crippen molar-refractivity contribution in [2.24, 2.45) is 40.4 Å². The summed E-state index contributed by atoms with van der Waals surface area (Å²) in [4.78, 5) is 40.7. The highest BCUT2D eigenvalue weighted by Gasteiger charge is 2.70. The summed E-state index contributed by atoms with van der Waals surface area (Å²) in [6.07, 6.45) is 14.8. The molecule has 2 aromatic rings. The van der Waals surface area contributed by atoms with E-state index in [1.807, 2.05) is 57.2 Å². The van der Waals surface area contributed by atoms with E-state index < -0.39 is 19.8 Å². The number of benzene rings is 2. The van der Waals surface area contributed by atoms with Crippen LogP contribution in [-0.2, 0) is 36.2 Å². The molecule has 0 spiro atoms. The molecular weight excluding hydrogens is 892 g/mol. The lowest BCUT2D eigenvalue weighted by atomic mass is 9.43. The van der Waals surface area contributed by atoms with Gasteiger partial charge in [0.05, 0.1) is 41.3 Å². The number of carbonyl (C=O) groups is 3. The third kappa shape index (κ3) is 11.2. The zero-order valence-electron chi connectivity index (χ0n) is 44.4. The minimum atomic E-state index is -0.556. The number of ether oxygens (including phenoxy) is 1. The summed E-state index contributed by atoms with van der Waals surface area (Å²) in [7, 11) is -0.935. The van der Waals surface area contributed by atoms with Crippen LogP contribution in [0.2, 0.25) is 0 Å². The predicted octanol–water partition coefficient (Wildman–Crippen LogP) is 9.70. The van der Waals surface area contributed by atoms with Crippen molar-refractivity contribution in [3.8, 4) is 0 Å². The average molecular weight is 978 g/mol. The smallest absolute Gasteiger partial charge is 0.444 e. The van der Waals surface area contributed by atoms with Crippen LogP contribution in [0.3, 0.4) is 0 Å². The minimum absolute atomic E-state index is 0.0482. The van der Waals surface area contributed by atoms with E-state index in [9.17, 15) is 14.4 Å². The first-order chi connectivity index (χ1) is 33.7. The Bertz CT molecular complexity index is 2160. The number of hydrogen-bond acceptors (Lipinski definition) is 8. The molecule has 7 aliphatic carbocycles. The molecule has 0 radical (unpaired) electrons. The van der Waals surface area contributed by atoms with Gasteiger partial charge in [-0.15, -0.1) is 0 Å². The number of nitrogens with one attached hydrogen (secondary N) is 4. The van der Waals surface area contributed by atoms with Gasteiger partial charge < -0.3 is 49.5 Å². The molecule has 4 N–H and O–H groups in total. The maximum absolute atomic E-state index is 13.3. The second-order valence-electron chi connectivity index (χ2n) is 25.3. The summed E-state index contributed by atoms with van der Waals surface area (Å²) in [5, 5.41) is 12.6. The molecule has 4 bridgehead atoms. The summed E-state index contributed by atoms with van der Waals surface area (Å²) in [5.41, 5.74) is 1.70. The summed E-state index contributed by atoms with van der Waals surface area (Å²) in [6.45, 7) is 21.3. The summed E-state index contributed by atoms with van der Waals surface area (Å²) >= 11 is 0. The molecule has 5 amide bonds. The van der Waals surface area contributed by atoms with E-state index in [0.29, 0.717) is 60.9 Å². The van der Waals surface area contributed by atoms with Gasteiger partial charge in [0.15, 0.2) is 0 Å². The van der Waals surface area contributed by atoms with Crippen molar-refractivity contribution < 1.29 is 37.7 Å². The molecule has 12 rings (SSSR count). The van der Waals surface area contributed by atoms with Crippen molar-refractivity contribution in [2.75, 3.05) is 19.6 Å². The van der Waals surface area contributed by atoms with Crippen molar-refractivity contribution in [1.82, 2.24) is 26.2 Å². The number of piperidine rings is 1. The lowest BCUT2D eigenvalue weighted by Gasteiger charge is -2.64. The molecule has 15 heteroatoms. The number of carbonyl (C=O) groups excluding carboxylic acids is 3. The van der Waals surface area contributed by atoms with Gasteiger partial charge in [-0.1, -0.05) is 108 Å². The fourth-order valence-electron chi connectivity index (χ4n) is 14.4. The predicted molar refractivity (Wildman–Crippen MR) is 278 cm³/mol. The van der Waals surface area contributed by atoms with Crippen LogP contribution >= 0.6 is 0 Å². The van der Waals surface area contributed by atoms with Crippen LogP contribution in [0.25, 0.3) is 0 Å². The Labute approximate surface area is 425 Å². The van der Waals surface area contributed by atoms with E-state index in [4.69, 9.17) is 23.4 Å². The Morgan fingerprint density at radius 3 is 1.58 bits per heavy atom. The van der Waals surface area contributed by atoms with Crippen molar-refractivity contribution in [3.05, 3.63) is 71.8 Å². The molecule has 2 aromatic carbocycles. The Kier molecular flexibility index (Phi) is 15.3. The molecule has 11 atom stereocenters. The molecule has 3 heterocycles. The molecule has 0 aromatic heterocycles. The molecular formula is C56H85B2N5O8. The zero-order valence-corrected chi connectivity index (χ0v) is 44.4. The number of amides is 5. The third-order valence-electron chi connectivity index (χ3n) is 18.9. The highest BCUT2D eigenvalue weighted by Crippen LogP contribution is 2.67. The second-order valence-corrected chi connectivity index (χ2v) is 25.3. The van der Waals surface area contributed by atoms with Gasteiger partial charge in [0, 0.05) is 19.6 Å². The fraction of sp³-hybridized carbons (Fsp3) is 0.732. The molecule has 0 unspecified atom stereocenters. The summed E-state index contributed by atoms with van der Waals surface area (Å²) in [5.74, 6) is 2.39. The molecule has 388 valence electrons. The SMILES string of the molecule is CC(C)(C)OC(=O)N1CCCC[C@@H]1CNC(=O)N[C@@H](Cc1ccccc1)B1O[C@@H]2C[C@@H]3C[C@@H](C3(C)C)[C@]2(C)O1.CC1(C)[C@@H]2C[C@H]3OB([C@H](Cc4ccccc4)NC(=O)NCC4CCCCC4)O[C@@]3(C)[C@H]1C2. The topological polar surface area (TPSA) is 149 Å². The summed E-state index contributed by atoms with van der Waals surface area (Å²) in [6, 6.07) is 20.0. The van der Waals surface area contributed by atoms with Gasteiger partial charge in [0.2, 0.25) is 0 Å². The minimum Gasteiger partial charge on any atom is -0.444 e. The Balaban J connectivity index is 0.000000179. The number of rotatable bonds is 12. The van der Waals surface area contributed by atoms with Crippen molar-refractivity contribution in [3.63, 3.8) is 0 Å². The van der Waals surface area contributed by atoms with Gasteiger partial charge in [0.25, 0.3) is 0 Å². The van der Waals surface area contributed by atoms with E-state index in [2.05, 4.69) is 87.1 Å². The van der Waals surface area contributed by atoms with E-state index in [-0.39, 0.29) is 64.9 Å². The Morgan fingerprint density at radius 2 is 1.11 bits per heavy atom. The lowest BCUT2D eigenvalue weighted by molar-refractivity contribution is -0.199. The fourth-order valence-corrected chi connectivity index (χ4v) is 14.4. The highest BCUT2D eigenvalue weighted by atomic mass is 16.7. The van der Waals surface area contributed by atoms with Gasteiger partial charge in [0.1, 0.15) is 5.60 Å². The zero-order chi connectivity index (χ0) is 50.3. The van der Waals surface area contributed by atoms with Crippen LogP contribution in [-0.4, -0.2) is 104 Å². The first-order valence-electron chi connectivity index (χ1n) is 27.6. The molecule has 13 nitrogen and oxygen atoms in total. The van der Waals surface area contributed by atoms with E-state index in [1.165, 1.54) is 50.5 Å². The number of urea groups is 2. The second kappa shape index (κ2) is 20.9. The highest BCUT2D eigenvalue weighted by molar-refractivity contribution is 6.48. The third-order valence-corrected chi connectivity index (χ3v) is 18.9. The van der Waals surface area contributed by atoms with E-state index >= 15 is 0 Å². The summed E-state index contributed by atoms with van der Waals surface area (Å²) < 4.78 is 32.1. The van der Waals surface area contributed by atoms with Crippen molar-refractivity contribution >= 4 is 32.4 Å². The maximum Gasteiger partial charge on any atom is 0.482 e. The maximum atomic E-state index is 13.3. The molecule has 3 aliphatic heterocycles. The van der Waals surface area contributed by atoms with Crippen LogP contribution in [0, 0.1) is 40.4 Å². The molecule has 7 saturated carbocycles. The molecule has 71 heavy (non-hydrogen) atoms. The largest absolute Gasteiger partial charge is 0.482 e. The molecule has 10 aliphatic rings. The van der Waals surface area contributed by atoms with Gasteiger partial charge in [-0.2, -0.15) is 0 Å². The van der Waals surface area contributed by atoms with Crippen molar-refractivity contribution in [2.45, 2.75) is 199 Å². The Hall–Kier alpha value is -3.78. The molecule has 10 fully saturated rings. The average Bonchev–Trinajstić information content (AvgIpc) is 3.90. The van der Waals surface area contributed by atoms with E-state index in [1.54, 1.807) is 4.90 Å². The number of hydrogen-bond donors (Lipinski definition) is 4. The quantitative estimate of drug-likeness (QED) is 0.154. The molecule has 3 saturated heterocycles. The van der Waals surface area contributed by atoms with Crippen LogP contribution < -0.4 is 21.3 Å².